The van der Waals surface area contributed by atoms with E-state index in [1.54, 1.807) is 12.1 Å². The standard InChI is InChI=1S/C10H11BrN2O7P2/c11-7-3-1-6(2-4-7)9(14)8-5-10(13-12-8,21(15,16)17)22(18,19)20/h1-4,8H,5H2,(H2,15,16,17)(H2,18,19,20). The number of hydrogen-bond acceptors (Lipinski definition) is 5. The van der Waals surface area contributed by atoms with Crippen LogP contribution in [0.1, 0.15) is 16.8 Å². The van der Waals surface area contributed by atoms with E-state index in [9.17, 15) is 33.5 Å². The van der Waals surface area contributed by atoms with Crippen LogP contribution in [-0.2, 0) is 9.13 Å². The molecule has 9 nitrogen and oxygen atoms in total. The monoisotopic (exact) mass is 412 g/mol. The van der Waals surface area contributed by atoms with Crippen LogP contribution in [0.2, 0.25) is 0 Å². The van der Waals surface area contributed by atoms with E-state index in [2.05, 4.69) is 26.2 Å². The molecule has 22 heavy (non-hydrogen) atoms. The molecule has 1 aromatic carbocycles. The molecule has 0 amide bonds. The summed E-state index contributed by atoms with van der Waals surface area (Å²) in [6.07, 6.45) is -0.851. The van der Waals surface area contributed by atoms with Crippen molar-refractivity contribution in [1.29, 1.82) is 0 Å². The van der Waals surface area contributed by atoms with Gasteiger partial charge in [-0.15, -0.1) is 0 Å². The van der Waals surface area contributed by atoms with Crippen LogP contribution in [0.15, 0.2) is 39.0 Å². The van der Waals surface area contributed by atoms with Gasteiger partial charge in [0.2, 0.25) is 0 Å². The second kappa shape index (κ2) is 5.72. The molecule has 0 radical (unpaired) electrons. The number of carbonyl (C=O) groups excluding carboxylic acids is 1. The molecule has 1 heterocycles. The number of azo groups is 1. The average Bonchev–Trinajstić information content (AvgIpc) is 2.84. The van der Waals surface area contributed by atoms with Gasteiger partial charge in [0.25, 0.3) is 5.02 Å². The zero-order valence-corrected chi connectivity index (χ0v) is 14.1. The Bertz CT molecular complexity index is 701. The van der Waals surface area contributed by atoms with E-state index in [1.165, 1.54) is 12.1 Å². The molecule has 1 aliphatic rings. The van der Waals surface area contributed by atoms with Gasteiger partial charge in [-0.2, -0.15) is 10.2 Å². The first kappa shape index (κ1) is 17.6. The molecule has 0 fully saturated rings. The van der Waals surface area contributed by atoms with Crippen LogP contribution in [0.25, 0.3) is 0 Å². The van der Waals surface area contributed by atoms with E-state index in [0.717, 1.165) is 4.47 Å². The number of hydrogen-bond donors (Lipinski definition) is 4. The molecule has 4 N–H and O–H groups in total. The van der Waals surface area contributed by atoms with Crippen LogP contribution in [0.3, 0.4) is 0 Å². The van der Waals surface area contributed by atoms with E-state index in [4.69, 9.17) is 0 Å². The predicted molar refractivity (Wildman–Crippen MR) is 78.6 cm³/mol. The highest BCUT2D eigenvalue weighted by Gasteiger charge is 2.65. The van der Waals surface area contributed by atoms with Crippen molar-refractivity contribution in [3.05, 3.63) is 34.3 Å². The molecular weight excluding hydrogens is 402 g/mol. The Morgan fingerprint density at radius 1 is 1.14 bits per heavy atom. The van der Waals surface area contributed by atoms with Gasteiger partial charge in [0.1, 0.15) is 6.04 Å². The predicted octanol–water partition coefficient (Wildman–Crippen LogP) is 1.87. The molecule has 0 aliphatic carbocycles. The third kappa shape index (κ3) is 3.00. The highest BCUT2D eigenvalue weighted by Crippen LogP contribution is 2.73. The maximum absolute atomic E-state index is 12.2. The Kier molecular flexibility index (Phi) is 4.58. The summed E-state index contributed by atoms with van der Waals surface area (Å²) in [6, 6.07) is 4.71. The van der Waals surface area contributed by atoms with E-state index in [1.807, 2.05) is 0 Å². The lowest BCUT2D eigenvalue weighted by atomic mass is 10.0. The summed E-state index contributed by atoms with van der Waals surface area (Å²) >= 11 is 3.19. The minimum atomic E-state index is -5.33. The summed E-state index contributed by atoms with van der Waals surface area (Å²) < 4.78 is 23.7. The second-order valence-electron chi connectivity index (χ2n) is 4.67. The highest BCUT2D eigenvalue weighted by molar-refractivity contribution is 9.10. The number of rotatable bonds is 4. The number of carbonyl (C=O) groups is 1. The number of benzene rings is 1. The average molecular weight is 413 g/mol. The van der Waals surface area contributed by atoms with Crippen molar-refractivity contribution in [3.8, 4) is 0 Å². The van der Waals surface area contributed by atoms with Crippen molar-refractivity contribution in [2.24, 2.45) is 10.2 Å². The van der Waals surface area contributed by atoms with Crippen LogP contribution in [0.4, 0.5) is 0 Å². The fourth-order valence-electron chi connectivity index (χ4n) is 1.98. The fourth-order valence-corrected chi connectivity index (χ4v) is 4.76. The summed E-state index contributed by atoms with van der Waals surface area (Å²) in [7, 11) is -10.7. The Hall–Kier alpha value is -0.730. The molecule has 0 saturated carbocycles. The largest absolute Gasteiger partial charge is 0.367 e. The number of ketones is 1. The van der Waals surface area contributed by atoms with Crippen molar-refractivity contribution in [1.82, 2.24) is 0 Å². The maximum Gasteiger partial charge on any atom is 0.367 e. The van der Waals surface area contributed by atoms with Crippen LogP contribution in [-0.4, -0.2) is 36.4 Å². The third-order valence-electron chi connectivity index (χ3n) is 3.19. The van der Waals surface area contributed by atoms with Crippen molar-refractivity contribution in [2.75, 3.05) is 0 Å². The molecule has 1 unspecified atom stereocenters. The first-order chi connectivity index (χ1) is 9.98. The molecule has 120 valence electrons. The summed E-state index contributed by atoms with van der Waals surface area (Å²) in [5.41, 5.74) is 0.194. The SMILES string of the molecule is O=C(c1ccc(Br)cc1)C1CC(P(=O)(O)O)(P(=O)(O)O)N=N1. The zero-order valence-electron chi connectivity index (χ0n) is 10.8. The first-order valence-electron chi connectivity index (χ1n) is 5.81. The number of nitrogens with zero attached hydrogens (tertiary/aromatic N) is 2. The summed E-state index contributed by atoms with van der Waals surface area (Å²) in [5.74, 6) is -0.625. The lowest BCUT2D eigenvalue weighted by Crippen LogP contribution is -2.29. The van der Waals surface area contributed by atoms with Crippen LogP contribution >= 0.6 is 31.1 Å². The van der Waals surface area contributed by atoms with E-state index < -0.39 is 38.5 Å². The maximum atomic E-state index is 12.2. The molecule has 0 bridgehead atoms. The molecule has 1 aromatic rings. The Labute approximate surface area is 132 Å². The lowest BCUT2D eigenvalue weighted by Gasteiger charge is -2.26. The van der Waals surface area contributed by atoms with E-state index >= 15 is 0 Å². The zero-order chi connectivity index (χ0) is 16.8. The fraction of sp³-hybridized carbons (Fsp3) is 0.300. The molecule has 1 atom stereocenters. The van der Waals surface area contributed by atoms with Crippen molar-refractivity contribution in [3.63, 3.8) is 0 Å². The van der Waals surface area contributed by atoms with Crippen LogP contribution in [0, 0.1) is 0 Å². The Morgan fingerprint density at radius 3 is 2.05 bits per heavy atom. The summed E-state index contributed by atoms with van der Waals surface area (Å²) in [5, 5.41) is 3.53. The van der Waals surface area contributed by atoms with Gasteiger partial charge in [-0.3, -0.25) is 13.9 Å². The molecule has 12 heteroatoms. The van der Waals surface area contributed by atoms with Gasteiger partial charge in [-0.05, 0) is 12.1 Å². The van der Waals surface area contributed by atoms with Crippen molar-refractivity contribution < 1.29 is 33.5 Å². The Balaban J connectivity index is 2.34. The number of halogens is 1. The van der Waals surface area contributed by atoms with Gasteiger partial charge in [0, 0.05) is 16.5 Å². The van der Waals surface area contributed by atoms with Crippen molar-refractivity contribution in [2.45, 2.75) is 17.5 Å². The second-order valence-corrected chi connectivity index (χ2v) is 9.59. The smallest absolute Gasteiger partial charge is 0.322 e. The van der Waals surface area contributed by atoms with E-state index in [-0.39, 0.29) is 5.56 Å². The molecule has 2 rings (SSSR count). The Morgan fingerprint density at radius 2 is 1.64 bits per heavy atom. The van der Waals surface area contributed by atoms with Crippen LogP contribution in [0.5, 0.6) is 0 Å². The lowest BCUT2D eigenvalue weighted by molar-refractivity contribution is 0.0961. The number of Topliss-reactive ketones (excluding diaryl/α,β-unsaturated/α-hetero) is 1. The molecule has 0 spiro atoms. The van der Waals surface area contributed by atoms with Gasteiger partial charge in [-0.1, -0.05) is 28.1 Å². The molecular formula is C10H11BrN2O7P2. The minimum Gasteiger partial charge on any atom is -0.322 e. The van der Waals surface area contributed by atoms with Gasteiger partial charge in [0.05, 0.1) is 0 Å². The van der Waals surface area contributed by atoms with Gasteiger partial charge in [0.15, 0.2) is 5.78 Å². The quantitative estimate of drug-likeness (QED) is 0.434. The van der Waals surface area contributed by atoms with Crippen LogP contribution < -0.4 is 0 Å². The van der Waals surface area contributed by atoms with Crippen molar-refractivity contribution >= 4 is 36.9 Å². The molecule has 0 saturated heterocycles. The topological polar surface area (TPSA) is 157 Å². The molecule has 1 aliphatic heterocycles. The highest BCUT2D eigenvalue weighted by atomic mass is 79.9. The minimum absolute atomic E-state index is 0.194. The normalized spacial score (nSPS) is 21.0. The van der Waals surface area contributed by atoms with Gasteiger partial charge >= 0.3 is 15.2 Å². The first-order valence-corrected chi connectivity index (χ1v) is 9.83. The third-order valence-corrected chi connectivity index (χ3v) is 7.69. The molecule has 0 aromatic heterocycles. The summed E-state index contributed by atoms with van der Waals surface area (Å²) in [6.45, 7) is 0. The van der Waals surface area contributed by atoms with Gasteiger partial charge < -0.3 is 19.6 Å². The van der Waals surface area contributed by atoms with Gasteiger partial charge in [-0.25, -0.2) is 0 Å². The summed E-state index contributed by atoms with van der Waals surface area (Å²) in [4.78, 5) is 49.3. The van der Waals surface area contributed by atoms with E-state index in [0.29, 0.717) is 0 Å².